The molecule has 1 heterocycles. The monoisotopic (exact) mass is 247 g/mol. The molecule has 0 spiro atoms. The first-order valence-corrected chi connectivity index (χ1v) is 6.43. The van der Waals surface area contributed by atoms with Gasteiger partial charge in [0.25, 0.3) is 0 Å². The van der Waals surface area contributed by atoms with Crippen molar-refractivity contribution >= 4 is 17.3 Å². The number of hydrogen-bond donors (Lipinski definition) is 2. The van der Waals surface area contributed by atoms with Gasteiger partial charge >= 0.3 is 0 Å². The van der Waals surface area contributed by atoms with E-state index in [1.54, 1.807) is 12.1 Å². The summed E-state index contributed by atoms with van der Waals surface area (Å²) < 4.78 is 0. The summed E-state index contributed by atoms with van der Waals surface area (Å²) in [6.45, 7) is 6.59. The number of benzene rings is 1. The van der Waals surface area contributed by atoms with Gasteiger partial charge in [0.1, 0.15) is 0 Å². The minimum Gasteiger partial charge on any atom is -0.397 e. The van der Waals surface area contributed by atoms with E-state index >= 15 is 0 Å². The lowest BCUT2D eigenvalue weighted by Gasteiger charge is -2.22. The third kappa shape index (κ3) is 2.42. The molecular weight excluding hydrogens is 226 g/mol. The first-order valence-electron chi connectivity index (χ1n) is 6.43. The molecule has 0 aromatic heterocycles. The molecule has 1 unspecified atom stereocenters. The Morgan fingerprint density at radius 2 is 2.17 bits per heavy atom. The van der Waals surface area contributed by atoms with Gasteiger partial charge in [-0.15, -0.1) is 0 Å². The van der Waals surface area contributed by atoms with Gasteiger partial charge in [-0.2, -0.15) is 0 Å². The van der Waals surface area contributed by atoms with E-state index in [-0.39, 0.29) is 0 Å². The van der Waals surface area contributed by atoms with E-state index in [0.29, 0.717) is 17.2 Å². The molecule has 1 fully saturated rings. The summed E-state index contributed by atoms with van der Waals surface area (Å²) in [5, 5.41) is 0. The average Bonchev–Trinajstić information content (AvgIpc) is 2.78. The van der Waals surface area contributed by atoms with E-state index in [1.165, 1.54) is 6.42 Å². The van der Waals surface area contributed by atoms with E-state index in [2.05, 4.69) is 18.7 Å². The number of amides is 1. The van der Waals surface area contributed by atoms with Gasteiger partial charge in [-0.1, -0.05) is 13.8 Å². The summed E-state index contributed by atoms with van der Waals surface area (Å²) in [7, 11) is 0. The molecule has 1 aromatic rings. The summed E-state index contributed by atoms with van der Waals surface area (Å²) in [6.07, 6.45) is 1.20. The quantitative estimate of drug-likeness (QED) is 0.801. The number of carbonyl (C=O) groups is 1. The molecule has 4 nitrogen and oxygen atoms in total. The topological polar surface area (TPSA) is 72.3 Å². The lowest BCUT2D eigenvalue weighted by Crippen LogP contribution is -2.22. The number of carbonyl (C=O) groups excluding carboxylic acids is 1. The largest absolute Gasteiger partial charge is 0.397 e. The Morgan fingerprint density at radius 3 is 2.67 bits per heavy atom. The van der Waals surface area contributed by atoms with Gasteiger partial charge in [-0.25, -0.2) is 0 Å². The minimum atomic E-state index is -0.435. The molecule has 0 aliphatic carbocycles. The highest BCUT2D eigenvalue weighted by Gasteiger charge is 2.26. The number of hydrogen-bond acceptors (Lipinski definition) is 3. The van der Waals surface area contributed by atoms with Crippen LogP contribution in [0.5, 0.6) is 0 Å². The van der Waals surface area contributed by atoms with Crippen LogP contribution >= 0.6 is 0 Å². The Kier molecular flexibility index (Phi) is 3.45. The third-order valence-corrected chi connectivity index (χ3v) is 3.82. The lowest BCUT2D eigenvalue weighted by molar-refractivity contribution is 0.100. The number of nitrogens with zero attached hydrogens (tertiary/aromatic N) is 1. The van der Waals surface area contributed by atoms with Crippen molar-refractivity contribution < 1.29 is 4.79 Å². The first kappa shape index (κ1) is 12.7. The maximum absolute atomic E-state index is 11.1. The molecule has 18 heavy (non-hydrogen) atoms. The van der Waals surface area contributed by atoms with Gasteiger partial charge in [0.05, 0.1) is 11.4 Å². The van der Waals surface area contributed by atoms with Crippen molar-refractivity contribution in [2.75, 3.05) is 23.7 Å². The van der Waals surface area contributed by atoms with E-state index in [0.717, 1.165) is 24.7 Å². The second kappa shape index (κ2) is 4.88. The molecule has 1 atom stereocenters. The average molecular weight is 247 g/mol. The molecule has 0 radical (unpaired) electrons. The number of nitrogens with two attached hydrogens (primary N) is 2. The predicted molar refractivity (Wildman–Crippen MR) is 74.5 cm³/mol. The molecular formula is C14H21N3O. The van der Waals surface area contributed by atoms with Gasteiger partial charge in [0, 0.05) is 18.7 Å². The van der Waals surface area contributed by atoms with E-state index in [1.807, 2.05) is 6.07 Å². The highest BCUT2D eigenvalue weighted by Crippen LogP contribution is 2.32. The molecule has 0 bridgehead atoms. The van der Waals surface area contributed by atoms with Gasteiger partial charge in [0.2, 0.25) is 5.91 Å². The molecule has 1 aliphatic rings. The second-order valence-electron chi connectivity index (χ2n) is 5.38. The van der Waals surface area contributed by atoms with Crippen molar-refractivity contribution in [2.45, 2.75) is 20.3 Å². The van der Waals surface area contributed by atoms with Crippen molar-refractivity contribution in [3.8, 4) is 0 Å². The highest BCUT2D eigenvalue weighted by atomic mass is 16.1. The van der Waals surface area contributed by atoms with Crippen LogP contribution in [0.1, 0.15) is 30.6 Å². The number of rotatable bonds is 3. The lowest BCUT2D eigenvalue weighted by atomic mass is 9.95. The number of nitrogen functional groups attached to an aromatic ring is 1. The second-order valence-corrected chi connectivity index (χ2v) is 5.38. The van der Waals surface area contributed by atoms with Crippen molar-refractivity contribution in [3.63, 3.8) is 0 Å². The van der Waals surface area contributed by atoms with Crippen molar-refractivity contribution in [2.24, 2.45) is 17.6 Å². The smallest absolute Gasteiger partial charge is 0.248 e. The molecule has 4 heteroatoms. The third-order valence-electron chi connectivity index (χ3n) is 3.82. The maximum atomic E-state index is 11.1. The van der Waals surface area contributed by atoms with Gasteiger partial charge < -0.3 is 16.4 Å². The molecule has 1 amide bonds. The number of anilines is 2. The van der Waals surface area contributed by atoms with Crippen LogP contribution < -0.4 is 16.4 Å². The zero-order chi connectivity index (χ0) is 13.3. The first-order chi connectivity index (χ1) is 8.49. The zero-order valence-corrected chi connectivity index (χ0v) is 11.0. The molecule has 1 aliphatic heterocycles. The van der Waals surface area contributed by atoms with Crippen molar-refractivity contribution in [1.82, 2.24) is 0 Å². The summed E-state index contributed by atoms with van der Waals surface area (Å²) in [5.74, 6) is 0.982. The van der Waals surface area contributed by atoms with Crippen LogP contribution in [0.3, 0.4) is 0 Å². The SMILES string of the molecule is CC(C)C1CCN(c2ccc(C(N)=O)cc2N)C1. The molecule has 0 saturated carbocycles. The Labute approximate surface area is 108 Å². The van der Waals surface area contributed by atoms with Crippen molar-refractivity contribution in [1.29, 1.82) is 0 Å². The molecule has 4 N–H and O–H groups in total. The van der Waals surface area contributed by atoms with Crippen LogP contribution in [0.2, 0.25) is 0 Å². The summed E-state index contributed by atoms with van der Waals surface area (Å²) in [4.78, 5) is 13.4. The number of primary amides is 1. The van der Waals surface area contributed by atoms with Gasteiger partial charge in [-0.3, -0.25) is 4.79 Å². The maximum Gasteiger partial charge on any atom is 0.248 e. The van der Waals surface area contributed by atoms with E-state index in [9.17, 15) is 4.79 Å². The minimum absolute atomic E-state index is 0.435. The summed E-state index contributed by atoms with van der Waals surface area (Å²) in [6, 6.07) is 5.31. The molecule has 1 aromatic carbocycles. The fourth-order valence-corrected chi connectivity index (χ4v) is 2.55. The van der Waals surface area contributed by atoms with Crippen LogP contribution in [0.4, 0.5) is 11.4 Å². The Balaban J connectivity index is 2.18. The molecule has 2 rings (SSSR count). The van der Waals surface area contributed by atoms with Crippen LogP contribution in [-0.4, -0.2) is 19.0 Å². The normalized spacial score (nSPS) is 19.5. The molecule has 98 valence electrons. The zero-order valence-electron chi connectivity index (χ0n) is 11.0. The molecule has 1 saturated heterocycles. The van der Waals surface area contributed by atoms with Crippen LogP contribution in [0.15, 0.2) is 18.2 Å². The summed E-state index contributed by atoms with van der Waals surface area (Å²) >= 11 is 0. The Morgan fingerprint density at radius 1 is 1.44 bits per heavy atom. The van der Waals surface area contributed by atoms with Crippen LogP contribution in [0, 0.1) is 11.8 Å². The van der Waals surface area contributed by atoms with Crippen LogP contribution in [0.25, 0.3) is 0 Å². The van der Waals surface area contributed by atoms with Crippen molar-refractivity contribution in [3.05, 3.63) is 23.8 Å². The predicted octanol–water partition coefficient (Wildman–Crippen LogP) is 1.85. The Bertz CT molecular complexity index is 456. The van der Waals surface area contributed by atoms with Gasteiger partial charge in [-0.05, 0) is 36.5 Å². The van der Waals surface area contributed by atoms with Crippen LogP contribution in [-0.2, 0) is 0 Å². The summed E-state index contributed by atoms with van der Waals surface area (Å²) in [5.41, 5.74) is 13.4. The van der Waals surface area contributed by atoms with E-state index < -0.39 is 5.91 Å². The standard InChI is InChI=1S/C14H21N3O/c1-9(2)11-5-6-17(8-11)13-4-3-10(14(16)18)7-12(13)15/h3-4,7,9,11H,5-6,8,15H2,1-2H3,(H2,16,18). The Hall–Kier alpha value is -1.71. The van der Waals surface area contributed by atoms with Gasteiger partial charge in [0.15, 0.2) is 0 Å². The fourth-order valence-electron chi connectivity index (χ4n) is 2.55. The highest BCUT2D eigenvalue weighted by molar-refractivity contribution is 5.94. The fraction of sp³-hybridized carbons (Fsp3) is 0.500. The van der Waals surface area contributed by atoms with E-state index in [4.69, 9.17) is 11.5 Å².